The van der Waals surface area contributed by atoms with Gasteiger partial charge in [0.15, 0.2) is 0 Å². The van der Waals surface area contributed by atoms with Crippen molar-refractivity contribution in [3.63, 3.8) is 0 Å². The normalized spacial score (nSPS) is 12.1. The number of fused-ring (bicyclic) bond motifs is 1. The minimum absolute atomic E-state index is 0.127. The Bertz CT molecular complexity index is 622. The summed E-state index contributed by atoms with van der Waals surface area (Å²) in [5.74, 6) is 1.25. The lowest BCUT2D eigenvalue weighted by atomic mass is 9.94. The number of hydrogen-bond acceptors (Lipinski definition) is 2. The summed E-state index contributed by atoms with van der Waals surface area (Å²) in [6.07, 6.45) is 1.47. The average molecular weight is 285 g/mol. The summed E-state index contributed by atoms with van der Waals surface area (Å²) in [6, 6.07) is 12.4. The molecule has 3 nitrogen and oxygen atoms in total. The lowest BCUT2D eigenvalue weighted by Gasteiger charge is -2.16. The molecule has 3 heteroatoms. The molecule has 0 aliphatic rings. The molecule has 0 aliphatic carbocycles. The van der Waals surface area contributed by atoms with Crippen LogP contribution in [0.15, 0.2) is 36.4 Å². The van der Waals surface area contributed by atoms with E-state index >= 15 is 0 Å². The zero-order valence-corrected chi connectivity index (χ0v) is 13.0. The molecule has 2 aromatic rings. The third-order valence-electron chi connectivity index (χ3n) is 3.74. The molecular formula is C18H23NO2. The molecule has 21 heavy (non-hydrogen) atoms. The first-order chi connectivity index (χ1) is 10.2. The first kappa shape index (κ1) is 15.4. The van der Waals surface area contributed by atoms with Crippen molar-refractivity contribution in [2.24, 2.45) is 0 Å². The van der Waals surface area contributed by atoms with Gasteiger partial charge in [-0.1, -0.05) is 38.1 Å². The number of rotatable bonds is 6. The van der Waals surface area contributed by atoms with Gasteiger partial charge in [0.25, 0.3) is 0 Å². The third-order valence-corrected chi connectivity index (χ3v) is 3.74. The SMILES string of the molecule is CCCC(=O)NCC(C)c1cccc2ccc(OC)cc12. The molecule has 2 aromatic carbocycles. The van der Waals surface area contributed by atoms with Gasteiger partial charge in [-0.05, 0) is 40.8 Å². The number of hydrogen-bond donors (Lipinski definition) is 1. The molecule has 0 radical (unpaired) electrons. The van der Waals surface area contributed by atoms with Gasteiger partial charge >= 0.3 is 0 Å². The van der Waals surface area contributed by atoms with Crippen LogP contribution >= 0.6 is 0 Å². The summed E-state index contributed by atoms with van der Waals surface area (Å²) < 4.78 is 5.32. The number of nitrogens with one attached hydrogen (secondary N) is 1. The highest BCUT2D eigenvalue weighted by Crippen LogP contribution is 2.28. The standard InChI is InChI=1S/C18H23NO2/c1-4-6-18(20)19-12-13(2)16-8-5-7-14-9-10-15(21-3)11-17(14)16/h5,7-11,13H,4,6,12H2,1-3H3,(H,19,20). The molecule has 0 saturated carbocycles. The van der Waals surface area contributed by atoms with Crippen LogP contribution in [0.2, 0.25) is 0 Å². The van der Waals surface area contributed by atoms with E-state index in [1.807, 2.05) is 13.0 Å². The van der Waals surface area contributed by atoms with Gasteiger partial charge < -0.3 is 10.1 Å². The van der Waals surface area contributed by atoms with E-state index in [-0.39, 0.29) is 11.8 Å². The molecule has 0 bridgehead atoms. The molecule has 1 unspecified atom stereocenters. The average Bonchev–Trinajstić information content (AvgIpc) is 2.51. The number of amides is 1. The van der Waals surface area contributed by atoms with Gasteiger partial charge in [0, 0.05) is 13.0 Å². The number of ether oxygens (including phenoxy) is 1. The maximum absolute atomic E-state index is 11.6. The van der Waals surface area contributed by atoms with Gasteiger partial charge in [-0.25, -0.2) is 0 Å². The quantitative estimate of drug-likeness (QED) is 0.875. The van der Waals surface area contributed by atoms with E-state index in [9.17, 15) is 4.79 Å². The predicted molar refractivity (Wildman–Crippen MR) is 86.8 cm³/mol. The van der Waals surface area contributed by atoms with Crippen LogP contribution in [0.25, 0.3) is 10.8 Å². The van der Waals surface area contributed by atoms with Gasteiger partial charge in [-0.15, -0.1) is 0 Å². The van der Waals surface area contributed by atoms with Gasteiger partial charge in [0.2, 0.25) is 5.91 Å². The third kappa shape index (κ3) is 3.75. The maximum Gasteiger partial charge on any atom is 0.220 e. The minimum atomic E-state index is 0.127. The van der Waals surface area contributed by atoms with Gasteiger partial charge in [0.1, 0.15) is 5.75 Å². The molecule has 1 amide bonds. The number of carbonyl (C=O) groups excluding carboxylic acids is 1. The van der Waals surface area contributed by atoms with E-state index < -0.39 is 0 Å². The number of carbonyl (C=O) groups is 1. The number of benzene rings is 2. The van der Waals surface area contributed by atoms with Crippen LogP contribution in [0.4, 0.5) is 0 Å². The predicted octanol–water partition coefficient (Wildman–Crippen LogP) is 3.87. The minimum Gasteiger partial charge on any atom is -0.497 e. The second-order valence-corrected chi connectivity index (χ2v) is 5.39. The Balaban J connectivity index is 2.22. The maximum atomic E-state index is 11.6. The van der Waals surface area contributed by atoms with Crippen molar-refractivity contribution < 1.29 is 9.53 Å². The molecule has 112 valence electrons. The molecule has 0 aliphatic heterocycles. The van der Waals surface area contributed by atoms with Crippen molar-refractivity contribution in [1.82, 2.24) is 5.32 Å². The highest BCUT2D eigenvalue weighted by molar-refractivity contribution is 5.87. The Labute approximate surface area is 126 Å². The molecule has 0 spiro atoms. The summed E-state index contributed by atoms with van der Waals surface area (Å²) in [4.78, 5) is 11.6. The van der Waals surface area contributed by atoms with E-state index in [1.54, 1.807) is 7.11 Å². The summed E-state index contributed by atoms with van der Waals surface area (Å²) in [5, 5.41) is 5.39. The molecule has 1 N–H and O–H groups in total. The molecule has 0 heterocycles. The monoisotopic (exact) mass is 285 g/mol. The number of methoxy groups -OCH3 is 1. The molecular weight excluding hydrogens is 262 g/mol. The smallest absolute Gasteiger partial charge is 0.220 e. The van der Waals surface area contributed by atoms with Gasteiger partial charge in [0.05, 0.1) is 7.11 Å². The fraction of sp³-hybridized carbons (Fsp3) is 0.389. The van der Waals surface area contributed by atoms with Crippen molar-refractivity contribution in [2.75, 3.05) is 13.7 Å². The van der Waals surface area contributed by atoms with Crippen LogP contribution in [0.1, 0.15) is 38.2 Å². The van der Waals surface area contributed by atoms with E-state index in [0.717, 1.165) is 12.2 Å². The summed E-state index contributed by atoms with van der Waals surface area (Å²) >= 11 is 0. The second kappa shape index (κ2) is 7.11. The van der Waals surface area contributed by atoms with Crippen molar-refractivity contribution in [2.45, 2.75) is 32.6 Å². The van der Waals surface area contributed by atoms with Crippen LogP contribution in [-0.4, -0.2) is 19.6 Å². The molecule has 2 rings (SSSR count). The Kier molecular flexibility index (Phi) is 5.20. The van der Waals surface area contributed by atoms with Crippen molar-refractivity contribution in [1.29, 1.82) is 0 Å². The van der Waals surface area contributed by atoms with Crippen molar-refractivity contribution >= 4 is 16.7 Å². The van der Waals surface area contributed by atoms with Crippen LogP contribution in [0, 0.1) is 0 Å². The topological polar surface area (TPSA) is 38.3 Å². The van der Waals surface area contributed by atoms with Crippen LogP contribution in [0.5, 0.6) is 5.75 Å². The summed E-state index contributed by atoms with van der Waals surface area (Å²) in [5.41, 5.74) is 1.24. The van der Waals surface area contributed by atoms with Crippen LogP contribution in [-0.2, 0) is 4.79 Å². The van der Waals surface area contributed by atoms with Gasteiger partial charge in [-0.2, -0.15) is 0 Å². The Hall–Kier alpha value is -2.03. The molecule has 0 fully saturated rings. The van der Waals surface area contributed by atoms with E-state index in [0.29, 0.717) is 13.0 Å². The molecule has 1 atom stereocenters. The van der Waals surface area contributed by atoms with E-state index in [1.165, 1.54) is 16.3 Å². The molecule has 0 saturated heterocycles. The zero-order valence-electron chi connectivity index (χ0n) is 13.0. The second-order valence-electron chi connectivity index (χ2n) is 5.39. The zero-order chi connectivity index (χ0) is 15.2. The van der Waals surface area contributed by atoms with Crippen LogP contribution in [0.3, 0.4) is 0 Å². The van der Waals surface area contributed by atoms with Crippen molar-refractivity contribution in [3.05, 3.63) is 42.0 Å². The fourth-order valence-electron chi connectivity index (χ4n) is 2.52. The lowest BCUT2D eigenvalue weighted by molar-refractivity contribution is -0.121. The molecule has 0 aromatic heterocycles. The Morgan fingerprint density at radius 3 is 2.81 bits per heavy atom. The highest BCUT2D eigenvalue weighted by Gasteiger charge is 2.11. The summed E-state index contributed by atoms with van der Waals surface area (Å²) in [7, 11) is 1.68. The first-order valence-corrected chi connectivity index (χ1v) is 7.49. The Morgan fingerprint density at radius 1 is 1.29 bits per heavy atom. The largest absolute Gasteiger partial charge is 0.497 e. The van der Waals surface area contributed by atoms with Gasteiger partial charge in [-0.3, -0.25) is 4.79 Å². The van der Waals surface area contributed by atoms with Crippen LogP contribution < -0.4 is 10.1 Å². The Morgan fingerprint density at radius 2 is 2.10 bits per heavy atom. The van der Waals surface area contributed by atoms with E-state index in [4.69, 9.17) is 4.74 Å². The summed E-state index contributed by atoms with van der Waals surface area (Å²) in [6.45, 7) is 4.82. The lowest BCUT2D eigenvalue weighted by Crippen LogP contribution is -2.27. The highest BCUT2D eigenvalue weighted by atomic mass is 16.5. The first-order valence-electron chi connectivity index (χ1n) is 7.49. The van der Waals surface area contributed by atoms with Crippen molar-refractivity contribution in [3.8, 4) is 5.75 Å². The fourth-order valence-corrected chi connectivity index (χ4v) is 2.52. The van der Waals surface area contributed by atoms with E-state index in [2.05, 4.69) is 42.6 Å².